The SMILES string of the molecule is CCOC(=O)C12CC3CC(CCO)C1N(CCc1c2[nH]c2ccccc12)C3. The number of hydrogen-bond acceptors (Lipinski definition) is 4. The van der Waals surface area contributed by atoms with Crippen LogP contribution in [0.25, 0.3) is 10.9 Å². The van der Waals surface area contributed by atoms with Crippen molar-refractivity contribution in [2.45, 2.75) is 44.1 Å². The molecule has 4 bridgehead atoms. The van der Waals surface area contributed by atoms with Crippen LogP contribution < -0.4 is 0 Å². The maximum Gasteiger partial charge on any atom is 0.319 e. The van der Waals surface area contributed by atoms with E-state index in [4.69, 9.17) is 4.74 Å². The maximum atomic E-state index is 13.5. The number of aromatic nitrogens is 1. The van der Waals surface area contributed by atoms with Crippen LogP contribution in [0.5, 0.6) is 0 Å². The molecule has 1 aromatic heterocycles. The summed E-state index contributed by atoms with van der Waals surface area (Å²) in [5, 5.41) is 10.9. The number of carbonyl (C=O) groups excluding carboxylic acids is 1. The molecule has 4 heterocycles. The molecule has 5 heteroatoms. The molecule has 5 atom stereocenters. The summed E-state index contributed by atoms with van der Waals surface area (Å²) in [7, 11) is 0. The number of aliphatic hydroxyl groups excluding tert-OH is 1. The number of para-hydroxylation sites is 1. The Hall–Kier alpha value is -1.85. The van der Waals surface area contributed by atoms with Gasteiger partial charge in [-0.3, -0.25) is 9.69 Å². The van der Waals surface area contributed by atoms with Crippen molar-refractivity contribution in [3.05, 3.63) is 35.5 Å². The lowest BCUT2D eigenvalue weighted by molar-refractivity contribution is -0.165. The Kier molecular flexibility index (Phi) is 4.06. The smallest absolute Gasteiger partial charge is 0.319 e. The van der Waals surface area contributed by atoms with E-state index in [0.29, 0.717) is 18.4 Å². The van der Waals surface area contributed by atoms with Crippen molar-refractivity contribution in [2.24, 2.45) is 11.8 Å². The van der Waals surface area contributed by atoms with E-state index in [-0.39, 0.29) is 18.6 Å². The fourth-order valence-electron chi connectivity index (χ4n) is 6.40. The first-order valence-electron chi connectivity index (χ1n) is 10.3. The zero-order valence-corrected chi connectivity index (χ0v) is 15.9. The van der Waals surface area contributed by atoms with E-state index in [2.05, 4.69) is 28.1 Å². The summed E-state index contributed by atoms with van der Waals surface area (Å²) in [6.45, 7) is 4.51. The third-order valence-corrected chi connectivity index (χ3v) is 7.13. The van der Waals surface area contributed by atoms with Gasteiger partial charge in [0.25, 0.3) is 0 Å². The second-order valence-corrected chi connectivity index (χ2v) is 8.48. The molecule has 0 radical (unpaired) electrons. The van der Waals surface area contributed by atoms with Crippen LogP contribution in [0, 0.1) is 11.8 Å². The summed E-state index contributed by atoms with van der Waals surface area (Å²) in [5.41, 5.74) is 2.85. The molecule has 27 heavy (non-hydrogen) atoms. The van der Waals surface area contributed by atoms with E-state index in [0.717, 1.165) is 50.0 Å². The number of nitrogens with one attached hydrogen (secondary N) is 1. The van der Waals surface area contributed by atoms with Crippen LogP contribution in [0.15, 0.2) is 24.3 Å². The van der Waals surface area contributed by atoms with Gasteiger partial charge in [-0.2, -0.15) is 0 Å². The lowest BCUT2D eigenvalue weighted by Crippen LogP contribution is -2.67. The number of H-pyrrole nitrogens is 1. The van der Waals surface area contributed by atoms with Crippen molar-refractivity contribution in [3.63, 3.8) is 0 Å². The van der Waals surface area contributed by atoms with E-state index in [1.165, 1.54) is 10.9 Å². The molecule has 1 aliphatic carbocycles. The largest absolute Gasteiger partial charge is 0.465 e. The van der Waals surface area contributed by atoms with Gasteiger partial charge >= 0.3 is 5.97 Å². The normalized spacial score (nSPS) is 34.3. The van der Waals surface area contributed by atoms with E-state index >= 15 is 0 Å². The van der Waals surface area contributed by atoms with Crippen LogP contribution in [0.4, 0.5) is 0 Å². The number of benzene rings is 1. The Morgan fingerprint density at radius 2 is 2.26 bits per heavy atom. The maximum absolute atomic E-state index is 13.5. The molecule has 0 spiro atoms. The molecule has 3 aliphatic heterocycles. The average molecular weight is 368 g/mol. The Bertz CT molecular complexity index is 876. The number of nitrogens with zero attached hydrogens (tertiary/aromatic N) is 1. The van der Waals surface area contributed by atoms with Gasteiger partial charge in [0.05, 0.1) is 6.61 Å². The summed E-state index contributed by atoms with van der Waals surface area (Å²) >= 11 is 0. The van der Waals surface area contributed by atoms with Gasteiger partial charge in [0.1, 0.15) is 5.41 Å². The molecule has 0 amide bonds. The third-order valence-electron chi connectivity index (χ3n) is 7.13. The van der Waals surface area contributed by atoms with E-state index in [1.54, 1.807) is 0 Å². The van der Waals surface area contributed by atoms with Gasteiger partial charge in [-0.25, -0.2) is 0 Å². The minimum atomic E-state index is -0.637. The molecule has 3 fully saturated rings. The van der Waals surface area contributed by atoms with E-state index in [1.807, 2.05) is 13.0 Å². The number of fused-ring (bicyclic) bond motifs is 4. The highest BCUT2D eigenvalue weighted by Crippen LogP contribution is 2.55. The molecule has 1 aromatic carbocycles. The van der Waals surface area contributed by atoms with Gasteiger partial charge in [-0.1, -0.05) is 18.2 Å². The Labute approximate surface area is 159 Å². The monoisotopic (exact) mass is 368 g/mol. The molecule has 2 saturated heterocycles. The summed E-state index contributed by atoms with van der Waals surface area (Å²) in [6.07, 6.45) is 3.68. The summed E-state index contributed by atoms with van der Waals surface area (Å²) in [4.78, 5) is 19.7. The second-order valence-electron chi connectivity index (χ2n) is 8.48. The summed E-state index contributed by atoms with van der Waals surface area (Å²) < 4.78 is 5.70. The van der Waals surface area contributed by atoms with E-state index < -0.39 is 5.41 Å². The molecule has 5 nitrogen and oxygen atoms in total. The first-order chi connectivity index (χ1) is 13.2. The Balaban J connectivity index is 1.75. The quantitative estimate of drug-likeness (QED) is 0.815. The number of carbonyl (C=O) groups is 1. The van der Waals surface area contributed by atoms with Crippen molar-refractivity contribution < 1.29 is 14.6 Å². The molecule has 5 unspecified atom stereocenters. The number of hydrogen-bond donors (Lipinski definition) is 2. The lowest BCUT2D eigenvalue weighted by atomic mass is 9.56. The highest BCUT2D eigenvalue weighted by molar-refractivity contribution is 5.91. The van der Waals surface area contributed by atoms with Gasteiger partial charge in [0.15, 0.2) is 0 Å². The highest BCUT2D eigenvalue weighted by Gasteiger charge is 2.62. The summed E-state index contributed by atoms with van der Waals surface area (Å²) in [5.74, 6) is 0.736. The van der Waals surface area contributed by atoms with Crippen LogP contribution in [-0.2, 0) is 21.4 Å². The van der Waals surface area contributed by atoms with Gasteiger partial charge in [0, 0.05) is 42.3 Å². The number of aliphatic hydroxyl groups is 1. The number of esters is 1. The predicted octanol–water partition coefficient (Wildman–Crippen LogP) is 2.62. The van der Waals surface area contributed by atoms with Gasteiger partial charge in [-0.05, 0) is 56.1 Å². The van der Waals surface area contributed by atoms with Crippen molar-refractivity contribution in [1.82, 2.24) is 9.88 Å². The summed E-state index contributed by atoms with van der Waals surface area (Å²) in [6, 6.07) is 8.50. The Morgan fingerprint density at radius 1 is 1.41 bits per heavy atom. The van der Waals surface area contributed by atoms with Crippen molar-refractivity contribution >= 4 is 16.9 Å². The fraction of sp³-hybridized carbons (Fsp3) is 0.591. The predicted molar refractivity (Wildman–Crippen MR) is 104 cm³/mol. The number of rotatable bonds is 4. The van der Waals surface area contributed by atoms with Crippen LogP contribution in [0.1, 0.15) is 37.4 Å². The average Bonchev–Trinajstić information content (AvgIpc) is 3.01. The van der Waals surface area contributed by atoms with Gasteiger partial charge < -0.3 is 14.8 Å². The van der Waals surface area contributed by atoms with Crippen LogP contribution >= 0.6 is 0 Å². The lowest BCUT2D eigenvalue weighted by Gasteiger charge is -2.58. The highest BCUT2D eigenvalue weighted by atomic mass is 16.5. The molecule has 4 aliphatic rings. The third kappa shape index (κ3) is 2.34. The molecular formula is C22H28N2O3. The molecule has 1 saturated carbocycles. The number of ether oxygens (including phenoxy) is 1. The zero-order valence-electron chi connectivity index (χ0n) is 15.9. The first kappa shape index (κ1) is 17.3. The standard InChI is InChI=1S/C22H28N2O3/c1-2-27-21(26)22-12-14-11-15(8-10-25)20(22)24(13-14)9-7-17-16-5-3-4-6-18(16)23-19(17)22/h3-6,14-15,20,23,25H,2,7-13H2,1H3. The second kappa shape index (κ2) is 6.35. The molecule has 2 aromatic rings. The number of piperidine rings is 2. The zero-order chi connectivity index (χ0) is 18.6. The molecule has 2 N–H and O–H groups in total. The van der Waals surface area contributed by atoms with Crippen molar-refractivity contribution in [1.29, 1.82) is 0 Å². The number of aromatic amines is 1. The fourth-order valence-corrected chi connectivity index (χ4v) is 6.40. The minimum absolute atomic E-state index is 0.0814. The topological polar surface area (TPSA) is 65.6 Å². The van der Waals surface area contributed by atoms with Crippen molar-refractivity contribution in [2.75, 3.05) is 26.3 Å². The first-order valence-corrected chi connectivity index (χ1v) is 10.3. The van der Waals surface area contributed by atoms with E-state index in [9.17, 15) is 9.90 Å². The van der Waals surface area contributed by atoms with Gasteiger partial charge in [0.2, 0.25) is 0 Å². The Morgan fingerprint density at radius 3 is 3.07 bits per heavy atom. The molecular weight excluding hydrogens is 340 g/mol. The van der Waals surface area contributed by atoms with Crippen LogP contribution in [-0.4, -0.2) is 53.3 Å². The molecule has 6 rings (SSSR count). The minimum Gasteiger partial charge on any atom is -0.465 e. The van der Waals surface area contributed by atoms with Crippen LogP contribution in [0.2, 0.25) is 0 Å². The van der Waals surface area contributed by atoms with Crippen molar-refractivity contribution in [3.8, 4) is 0 Å². The van der Waals surface area contributed by atoms with Gasteiger partial charge in [-0.15, -0.1) is 0 Å². The van der Waals surface area contributed by atoms with Crippen LogP contribution in [0.3, 0.4) is 0 Å². The molecule has 144 valence electrons.